The van der Waals surface area contributed by atoms with Gasteiger partial charge in [-0.2, -0.15) is 0 Å². The van der Waals surface area contributed by atoms with Gasteiger partial charge in [0.05, 0.1) is 23.7 Å². The fourth-order valence-electron chi connectivity index (χ4n) is 5.08. The summed E-state index contributed by atoms with van der Waals surface area (Å²) < 4.78 is 5.33. The molecular weight excluding hydrogens is 382 g/mol. The minimum absolute atomic E-state index is 0.126. The van der Waals surface area contributed by atoms with Gasteiger partial charge in [-0.3, -0.25) is 0 Å². The van der Waals surface area contributed by atoms with Crippen LogP contribution in [0.25, 0.3) is 11.0 Å². The number of aryl methyl sites for hydroxylation is 2. The van der Waals surface area contributed by atoms with E-state index in [4.69, 9.17) is 9.72 Å². The van der Waals surface area contributed by atoms with Crippen LogP contribution in [0.1, 0.15) is 54.6 Å². The number of aromatic amines is 1. The minimum atomic E-state index is -0.126. The summed E-state index contributed by atoms with van der Waals surface area (Å²) in [5, 5.41) is 0. The number of ether oxygens (including phenoxy) is 1. The van der Waals surface area contributed by atoms with Gasteiger partial charge in [-0.05, 0) is 87.1 Å². The van der Waals surface area contributed by atoms with Gasteiger partial charge in [0.1, 0.15) is 11.6 Å². The lowest BCUT2D eigenvalue weighted by Crippen LogP contribution is -2.39. The van der Waals surface area contributed by atoms with E-state index in [9.17, 15) is 0 Å². The number of imidazole rings is 1. The molecule has 1 aliphatic heterocycles. The highest BCUT2D eigenvalue weighted by Gasteiger charge is 2.41. The number of fused-ring (bicyclic) bond motifs is 1. The summed E-state index contributed by atoms with van der Waals surface area (Å²) >= 11 is 0. The predicted octanol–water partition coefficient (Wildman–Crippen LogP) is 6.13. The van der Waals surface area contributed by atoms with Gasteiger partial charge in [0, 0.05) is 18.2 Å². The van der Waals surface area contributed by atoms with Crippen molar-refractivity contribution >= 4 is 11.0 Å². The first-order chi connectivity index (χ1) is 15.0. The number of methoxy groups -OCH3 is 1. The fourth-order valence-corrected chi connectivity index (χ4v) is 5.08. The summed E-state index contributed by atoms with van der Waals surface area (Å²) in [6, 6.07) is 12.9. The molecule has 1 aromatic heterocycles. The summed E-state index contributed by atoms with van der Waals surface area (Å²) in [4.78, 5) is 11.3. The predicted molar refractivity (Wildman–Crippen MR) is 126 cm³/mol. The quantitative estimate of drug-likeness (QED) is 0.560. The Balaban J connectivity index is 1.48. The molecule has 1 saturated heterocycles. The molecule has 0 spiro atoms. The van der Waals surface area contributed by atoms with Crippen LogP contribution in [-0.2, 0) is 5.54 Å². The maximum absolute atomic E-state index is 5.33. The molecule has 4 heteroatoms. The molecule has 2 atom stereocenters. The van der Waals surface area contributed by atoms with Crippen molar-refractivity contribution in [2.45, 2.75) is 51.5 Å². The second-order valence-electron chi connectivity index (χ2n) is 9.18. The van der Waals surface area contributed by atoms with Gasteiger partial charge in [-0.15, -0.1) is 0 Å². The molecule has 1 unspecified atom stereocenters. The number of aromatic nitrogens is 2. The summed E-state index contributed by atoms with van der Waals surface area (Å²) in [6.45, 7) is 7.71. The van der Waals surface area contributed by atoms with Crippen molar-refractivity contribution in [3.05, 3.63) is 82.8 Å². The Morgan fingerprint density at radius 2 is 1.90 bits per heavy atom. The molecule has 3 aromatic rings. The van der Waals surface area contributed by atoms with Gasteiger partial charge in [0.2, 0.25) is 0 Å². The van der Waals surface area contributed by atoms with E-state index in [1.807, 2.05) is 0 Å². The Hall–Kier alpha value is -3.01. The maximum Gasteiger partial charge on any atom is 0.132 e. The average molecular weight is 414 g/mol. The zero-order valence-electron chi connectivity index (χ0n) is 18.9. The Labute approximate surface area is 184 Å². The van der Waals surface area contributed by atoms with Crippen LogP contribution in [0.15, 0.2) is 60.3 Å². The number of allylic oxidation sites excluding steroid dienone is 3. The summed E-state index contributed by atoms with van der Waals surface area (Å²) in [5.41, 5.74) is 7.30. The number of benzene rings is 2. The summed E-state index contributed by atoms with van der Waals surface area (Å²) in [5.74, 6) is 2.37. The zero-order valence-corrected chi connectivity index (χ0v) is 18.9. The van der Waals surface area contributed by atoms with Crippen LogP contribution in [0.4, 0.5) is 0 Å². The van der Waals surface area contributed by atoms with Gasteiger partial charge in [-0.25, -0.2) is 4.98 Å². The number of nitrogens with zero attached hydrogens (tertiary/aromatic N) is 2. The highest BCUT2D eigenvalue weighted by atomic mass is 16.5. The Kier molecular flexibility index (Phi) is 4.88. The smallest absolute Gasteiger partial charge is 0.132 e. The number of nitrogens with one attached hydrogen (secondary N) is 1. The first kappa shape index (κ1) is 19.9. The molecule has 1 aliphatic carbocycles. The monoisotopic (exact) mass is 413 g/mol. The molecule has 1 fully saturated rings. The number of hydrogen-bond acceptors (Lipinski definition) is 3. The van der Waals surface area contributed by atoms with Gasteiger partial charge in [-0.1, -0.05) is 24.3 Å². The third-order valence-electron chi connectivity index (χ3n) is 7.15. The third-order valence-corrected chi connectivity index (χ3v) is 7.15. The number of rotatable bonds is 4. The van der Waals surface area contributed by atoms with Gasteiger partial charge < -0.3 is 14.6 Å². The maximum atomic E-state index is 5.33. The van der Waals surface area contributed by atoms with Crippen molar-refractivity contribution in [1.29, 1.82) is 0 Å². The third kappa shape index (κ3) is 3.44. The lowest BCUT2D eigenvalue weighted by atomic mass is 9.90. The van der Waals surface area contributed by atoms with Crippen LogP contribution in [0.2, 0.25) is 0 Å². The number of likely N-dealkylation sites (tertiary alicyclic amines) is 1. The van der Waals surface area contributed by atoms with Gasteiger partial charge >= 0.3 is 0 Å². The van der Waals surface area contributed by atoms with E-state index in [1.54, 1.807) is 7.11 Å². The molecule has 1 N–H and O–H groups in total. The summed E-state index contributed by atoms with van der Waals surface area (Å²) in [6.07, 6.45) is 10.3. The van der Waals surface area contributed by atoms with Crippen molar-refractivity contribution < 1.29 is 4.74 Å². The standard InChI is InChI=1S/C27H31N3O/c1-18-15-24-25(16-19(18)2)29-26(28-24)27(3)13-6-14-30(27)22-8-5-7-21(17-22)20-9-11-23(31-4)12-10-20/h5,8-12,15-17,21H,6-7,13-14H2,1-4H3,(H,28,29)/t21?,27-/m0/s1. The molecule has 160 valence electrons. The van der Waals surface area contributed by atoms with Gasteiger partial charge in [0.25, 0.3) is 0 Å². The Morgan fingerprint density at radius 1 is 1.13 bits per heavy atom. The average Bonchev–Trinajstić information content (AvgIpc) is 3.38. The zero-order chi connectivity index (χ0) is 21.6. The summed E-state index contributed by atoms with van der Waals surface area (Å²) in [7, 11) is 1.71. The second-order valence-corrected chi connectivity index (χ2v) is 9.18. The fraction of sp³-hybridized carbons (Fsp3) is 0.370. The van der Waals surface area contributed by atoms with E-state index < -0.39 is 0 Å². The van der Waals surface area contributed by atoms with E-state index in [0.29, 0.717) is 5.92 Å². The van der Waals surface area contributed by atoms with Crippen molar-refractivity contribution in [1.82, 2.24) is 14.9 Å². The van der Waals surface area contributed by atoms with Crippen LogP contribution in [0.5, 0.6) is 5.75 Å². The molecule has 2 aromatic carbocycles. The van der Waals surface area contributed by atoms with Crippen LogP contribution >= 0.6 is 0 Å². The molecule has 4 nitrogen and oxygen atoms in total. The second kappa shape index (κ2) is 7.60. The Bertz CT molecular complexity index is 1130. The van der Waals surface area contributed by atoms with Crippen molar-refractivity contribution in [3.63, 3.8) is 0 Å². The first-order valence-corrected chi connectivity index (χ1v) is 11.3. The lowest BCUT2D eigenvalue weighted by molar-refractivity contribution is 0.200. The van der Waals surface area contributed by atoms with Crippen LogP contribution in [-0.4, -0.2) is 28.5 Å². The minimum Gasteiger partial charge on any atom is -0.497 e. The van der Waals surface area contributed by atoms with Crippen molar-refractivity contribution in [2.75, 3.05) is 13.7 Å². The highest BCUT2D eigenvalue weighted by molar-refractivity contribution is 5.77. The van der Waals surface area contributed by atoms with Crippen LogP contribution in [0, 0.1) is 13.8 Å². The highest BCUT2D eigenvalue weighted by Crippen LogP contribution is 2.42. The molecule has 31 heavy (non-hydrogen) atoms. The van der Waals surface area contributed by atoms with E-state index in [0.717, 1.165) is 42.0 Å². The number of H-pyrrole nitrogens is 1. The molecule has 0 radical (unpaired) electrons. The Morgan fingerprint density at radius 3 is 2.68 bits per heavy atom. The molecule has 0 saturated carbocycles. The first-order valence-electron chi connectivity index (χ1n) is 11.3. The van der Waals surface area contributed by atoms with Crippen molar-refractivity contribution in [3.8, 4) is 5.75 Å². The number of hydrogen-bond donors (Lipinski definition) is 1. The molecule has 2 aliphatic rings. The molecule has 5 rings (SSSR count). The SMILES string of the molecule is COc1ccc(C2C=C(N3CCC[C@@]3(C)c3nc4cc(C)c(C)cc4[nH]3)C=CC2)cc1. The van der Waals surface area contributed by atoms with E-state index >= 15 is 0 Å². The molecule has 2 heterocycles. The topological polar surface area (TPSA) is 41.1 Å². The largest absolute Gasteiger partial charge is 0.497 e. The lowest BCUT2D eigenvalue weighted by Gasteiger charge is -2.37. The molecular formula is C27H31N3O. The molecule has 0 amide bonds. The van der Waals surface area contributed by atoms with Gasteiger partial charge in [0.15, 0.2) is 0 Å². The van der Waals surface area contributed by atoms with Crippen molar-refractivity contribution in [2.24, 2.45) is 0 Å². The van der Waals surface area contributed by atoms with E-state index in [-0.39, 0.29) is 5.54 Å². The van der Waals surface area contributed by atoms with E-state index in [1.165, 1.54) is 28.8 Å². The molecule has 0 bridgehead atoms. The van der Waals surface area contributed by atoms with Crippen LogP contribution in [0.3, 0.4) is 0 Å². The normalized spacial score (nSPS) is 23.4. The van der Waals surface area contributed by atoms with Crippen LogP contribution < -0.4 is 4.74 Å². The van der Waals surface area contributed by atoms with E-state index in [2.05, 4.69) is 85.3 Å².